The molecule has 3 aromatic carbocycles. The van der Waals surface area contributed by atoms with Gasteiger partial charge in [0.25, 0.3) is 0 Å². The monoisotopic (exact) mass is 516 g/mol. The summed E-state index contributed by atoms with van der Waals surface area (Å²) < 4.78 is 6.51. The zero-order chi connectivity index (χ0) is 20.6. The molecule has 3 nitrogen and oxygen atoms in total. The molecule has 0 amide bonds. The van der Waals surface area contributed by atoms with E-state index in [0.29, 0.717) is 5.75 Å². The molecule has 5 heteroatoms. The number of ether oxygens (including phenoxy) is 1. The molecule has 0 unspecified atom stereocenters. The lowest BCUT2D eigenvalue weighted by molar-refractivity contribution is -0.139. The van der Waals surface area contributed by atoms with E-state index in [1.807, 2.05) is 31.2 Å². The lowest BCUT2D eigenvalue weighted by Gasteiger charge is -2.11. The van der Waals surface area contributed by atoms with Crippen LogP contribution < -0.4 is 4.74 Å². The van der Waals surface area contributed by atoms with E-state index < -0.39 is 5.97 Å². The number of carbonyl (C=O) groups is 1. The van der Waals surface area contributed by atoms with E-state index in [1.54, 1.807) is 11.8 Å². The summed E-state index contributed by atoms with van der Waals surface area (Å²) in [7, 11) is 0. The van der Waals surface area contributed by atoms with Crippen LogP contribution in [0.5, 0.6) is 5.75 Å². The van der Waals surface area contributed by atoms with E-state index in [1.165, 1.54) is 20.3 Å². The Hall–Kier alpha value is -2.25. The molecule has 148 valence electrons. The third-order valence-electron chi connectivity index (χ3n) is 4.26. The number of carboxylic acid groups (broad SMARTS) is 1. The normalized spacial score (nSPS) is 11.3. The molecular weight excluding hydrogens is 495 g/mol. The Bertz CT molecular complexity index is 1020. The van der Waals surface area contributed by atoms with Crippen LogP contribution >= 0.6 is 34.4 Å². The quantitative estimate of drug-likeness (QED) is 0.283. The van der Waals surface area contributed by atoms with Crippen LogP contribution in [0.2, 0.25) is 0 Å². The van der Waals surface area contributed by atoms with Crippen LogP contribution in [-0.4, -0.2) is 23.4 Å². The highest BCUT2D eigenvalue weighted by atomic mass is 127. The van der Waals surface area contributed by atoms with Gasteiger partial charge in [0.05, 0.1) is 0 Å². The number of aryl methyl sites for hydroxylation is 1. The fraction of sp³-hybridized carbons (Fsp3) is 0.125. The number of aliphatic carboxylic acids is 1. The first-order valence-electron chi connectivity index (χ1n) is 9.12. The van der Waals surface area contributed by atoms with Gasteiger partial charge in [0.1, 0.15) is 5.75 Å². The molecule has 0 fully saturated rings. The van der Waals surface area contributed by atoms with Gasteiger partial charge in [-0.15, -0.1) is 11.8 Å². The molecule has 3 aromatic rings. The smallest absolute Gasteiger partial charge is 0.341 e. The van der Waals surface area contributed by atoms with Crippen molar-refractivity contribution in [1.29, 1.82) is 0 Å². The standard InChI is InChI=1S/C24H21IO3S/c1-17-14-21(10-11-23(17)28-16-24(26)27)29-13-12-22(18-6-3-2-4-7-18)19-8-5-9-20(25)15-19/h2-12,14-15H,13,16H2,1H3,(H,26,27). The molecule has 0 aliphatic heterocycles. The molecule has 0 bridgehead atoms. The number of rotatable bonds is 8. The highest BCUT2D eigenvalue weighted by Crippen LogP contribution is 2.29. The Kier molecular flexibility index (Phi) is 7.77. The van der Waals surface area contributed by atoms with Gasteiger partial charge in [-0.2, -0.15) is 0 Å². The molecule has 0 aliphatic carbocycles. The number of hydrogen-bond donors (Lipinski definition) is 1. The minimum atomic E-state index is -0.975. The molecular formula is C24H21IO3S. The minimum absolute atomic E-state index is 0.327. The molecule has 1 N–H and O–H groups in total. The predicted octanol–water partition coefficient (Wildman–Crippen LogP) is 6.29. The number of carboxylic acids is 1. The number of hydrogen-bond acceptors (Lipinski definition) is 3. The first kappa shape index (κ1) is 21.5. The molecule has 0 radical (unpaired) electrons. The second-order valence-electron chi connectivity index (χ2n) is 6.41. The van der Waals surface area contributed by atoms with Crippen molar-refractivity contribution in [3.63, 3.8) is 0 Å². The van der Waals surface area contributed by atoms with Crippen molar-refractivity contribution in [3.05, 3.63) is 99.1 Å². The van der Waals surface area contributed by atoms with Gasteiger partial charge in [-0.3, -0.25) is 0 Å². The van der Waals surface area contributed by atoms with E-state index in [4.69, 9.17) is 9.84 Å². The number of thioether (sulfide) groups is 1. The summed E-state index contributed by atoms with van der Waals surface area (Å²) in [6.45, 7) is 1.60. The fourth-order valence-corrected chi connectivity index (χ4v) is 4.32. The van der Waals surface area contributed by atoms with E-state index in [0.717, 1.165) is 16.2 Å². The van der Waals surface area contributed by atoms with Crippen LogP contribution in [0.15, 0.2) is 83.8 Å². The number of benzene rings is 3. The van der Waals surface area contributed by atoms with Gasteiger partial charge in [0, 0.05) is 14.2 Å². The zero-order valence-electron chi connectivity index (χ0n) is 16.0. The topological polar surface area (TPSA) is 46.5 Å². The van der Waals surface area contributed by atoms with Crippen molar-refractivity contribution < 1.29 is 14.6 Å². The highest BCUT2D eigenvalue weighted by Gasteiger charge is 2.07. The third-order valence-corrected chi connectivity index (χ3v) is 5.85. The SMILES string of the molecule is Cc1cc(SCC=C(c2ccccc2)c2cccc(I)c2)ccc1OCC(=O)O. The molecule has 0 aliphatic rings. The Morgan fingerprint density at radius 3 is 2.48 bits per heavy atom. The molecule has 0 atom stereocenters. The van der Waals surface area contributed by atoms with Gasteiger partial charge in [-0.25, -0.2) is 4.79 Å². The van der Waals surface area contributed by atoms with E-state index in [-0.39, 0.29) is 6.61 Å². The summed E-state index contributed by atoms with van der Waals surface area (Å²) in [5.74, 6) is 0.456. The third kappa shape index (κ3) is 6.37. The van der Waals surface area contributed by atoms with E-state index in [2.05, 4.69) is 77.2 Å². The lowest BCUT2D eigenvalue weighted by Crippen LogP contribution is -2.09. The molecule has 0 saturated carbocycles. The van der Waals surface area contributed by atoms with Crippen molar-refractivity contribution in [1.82, 2.24) is 0 Å². The summed E-state index contributed by atoms with van der Waals surface area (Å²) in [6, 6.07) is 24.8. The second-order valence-corrected chi connectivity index (χ2v) is 8.75. The van der Waals surface area contributed by atoms with Crippen LogP contribution in [-0.2, 0) is 4.79 Å². The number of halogens is 1. The summed E-state index contributed by atoms with van der Waals surface area (Å²) in [6.07, 6.45) is 2.26. The van der Waals surface area contributed by atoms with Crippen molar-refractivity contribution >= 4 is 45.9 Å². The molecule has 0 heterocycles. The van der Waals surface area contributed by atoms with Crippen LogP contribution in [0.4, 0.5) is 0 Å². The van der Waals surface area contributed by atoms with Gasteiger partial charge in [-0.1, -0.05) is 48.5 Å². The van der Waals surface area contributed by atoms with Crippen LogP contribution in [0, 0.1) is 10.5 Å². The van der Waals surface area contributed by atoms with Crippen LogP contribution in [0.3, 0.4) is 0 Å². The maximum Gasteiger partial charge on any atom is 0.341 e. The average Bonchev–Trinajstić information content (AvgIpc) is 2.71. The summed E-state index contributed by atoms with van der Waals surface area (Å²) in [5.41, 5.74) is 4.55. The first-order valence-corrected chi connectivity index (χ1v) is 11.2. The maximum atomic E-state index is 10.7. The van der Waals surface area contributed by atoms with E-state index in [9.17, 15) is 4.79 Å². The summed E-state index contributed by atoms with van der Waals surface area (Å²) in [4.78, 5) is 11.8. The molecule has 0 aromatic heterocycles. The van der Waals surface area contributed by atoms with Crippen molar-refractivity contribution in [2.45, 2.75) is 11.8 Å². The molecule has 29 heavy (non-hydrogen) atoms. The Labute approximate surface area is 188 Å². The molecule has 0 spiro atoms. The van der Waals surface area contributed by atoms with E-state index >= 15 is 0 Å². The predicted molar refractivity (Wildman–Crippen MR) is 128 cm³/mol. The summed E-state index contributed by atoms with van der Waals surface area (Å²) in [5, 5.41) is 8.76. The first-order chi connectivity index (χ1) is 14.0. The van der Waals surface area contributed by atoms with Crippen molar-refractivity contribution in [3.8, 4) is 5.75 Å². The van der Waals surface area contributed by atoms with Gasteiger partial charge in [0.15, 0.2) is 6.61 Å². The highest BCUT2D eigenvalue weighted by molar-refractivity contribution is 14.1. The molecule has 0 saturated heterocycles. The van der Waals surface area contributed by atoms with Crippen molar-refractivity contribution in [2.75, 3.05) is 12.4 Å². The Morgan fingerprint density at radius 2 is 1.79 bits per heavy atom. The second kappa shape index (κ2) is 10.5. The Morgan fingerprint density at radius 1 is 1.03 bits per heavy atom. The van der Waals surface area contributed by atoms with Crippen LogP contribution in [0.1, 0.15) is 16.7 Å². The van der Waals surface area contributed by atoms with Gasteiger partial charge < -0.3 is 9.84 Å². The summed E-state index contributed by atoms with van der Waals surface area (Å²) >= 11 is 4.08. The Balaban J connectivity index is 1.76. The average molecular weight is 516 g/mol. The fourth-order valence-electron chi connectivity index (χ4n) is 2.91. The molecule has 3 rings (SSSR count). The minimum Gasteiger partial charge on any atom is -0.482 e. The zero-order valence-corrected chi connectivity index (χ0v) is 18.9. The van der Waals surface area contributed by atoms with Gasteiger partial charge in [-0.05, 0) is 82.1 Å². The maximum absolute atomic E-state index is 10.7. The lowest BCUT2D eigenvalue weighted by atomic mass is 9.98. The van der Waals surface area contributed by atoms with Crippen LogP contribution in [0.25, 0.3) is 5.57 Å². The van der Waals surface area contributed by atoms with Gasteiger partial charge >= 0.3 is 5.97 Å². The largest absolute Gasteiger partial charge is 0.482 e. The van der Waals surface area contributed by atoms with Gasteiger partial charge in [0.2, 0.25) is 0 Å². The van der Waals surface area contributed by atoms with Crippen molar-refractivity contribution in [2.24, 2.45) is 0 Å².